The molecule has 0 fully saturated rings. The molecule has 0 bridgehead atoms. The summed E-state index contributed by atoms with van der Waals surface area (Å²) < 4.78 is 42.6. The van der Waals surface area contributed by atoms with Gasteiger partial charge in [0, 0.05) is 5.56 Å². The maximum absolute atomic E-state index is 12.4. The molecule has 0 aromatic heterocycles. The van der Waals surface area contributed by atoms with Gasteiger partial charge < -0.3 is 4.74 Å². The van der Waals surface area contributed by atoms with E-state index in [1.807, 2.05) is 6.07 Å². The largest absolute Gasteiger partial charge is 0.416 e. The fourth-order valence-electron chi connectivity index (χ4n) is 1.83. The molecule has 21 heavy (non-hydrogen) atoms. The summed E-state index contributed by atoms with van der Waals surface area (Å²) in [7, 11) is 0. The van der Waals surface area contributed by atoms with E-state index in [-0.39, 0.29) is 6.61 Å². The summed E-state index contributed by atoms with van der Waals surface area (Å²) >= 11 is 0. The zero-order chi connectivity index (χ0) is 15.3. The number of carbonyl (C=O) groups is 1. The summed E-state index contributed by atoms with van der Waals surface area (Å²) in [6.45, 7) is 0.506. The SMILES string of the molecule is O=Cc1cccc(COCc2ccc(C(F)(F)F)cc2)c1. The van der Waals surface area contributed by atoms with Gasteiger partial charge in [-0.15, -0.1) is 0 Å². The Morgan fingerprint density at radius 1 is 0.952 bits per heavy atom. The average Bonchev–Trinajstić information content (AvgIpc) is 2.47. The van der Waals surface area contributed by atoms with Crippen molar-refractivity contribution in [2.75, 3.05) is 0 Å². The van der Waals surface area contributed by atoms with Gasteiger partial charge in [-0.1, -0.05) is 30.3 Å². The van der Waals surface area contributed by atoms with Crippen molar-refractivity contribution in [3.63, 3.8) is 0 Å². The fourth-order valence-corrected chi connectivity index (χ4v) is 1.83. The quantitative estimate of drug-likeness (QED) is 0.771. The zero-order valence-corrected chi connectivity index (χ0v) is 11.1. The van der Waals surface area contributed by atoms with Gasteiger partial charge in [0.25, 0.3) is 0 Å². The van der Waals surface area contributed by atoms with Crippen LogP contribution in [0.4, 0.5) is 13.2 Å². The van der Waals surface area contributed by atoms with Gasteiger partial charge in [-0.05, 0) is 29.3 Å². The van der Waals surface area contributed by atoms with E-state index < -0.39 is 11.7 Å². The van der Waals surface area contributed by atoms with Crippen molar-refractivity contribution < 1.29 is 22.7 Å². The van der Waals surface area contributed by atoms with Crippen LogP contribution in [0.5, 0.6) is 0 Å². The molecule has 2 nitrogen and oxygen atoms in total. The van der Waals surface area contributed by atoms with Crippen LogP contribution in [0, 0.1) is 0 Å². The van der Waals surface area contributed by atoms with Crippen LogP contribution in [0.15, 0.2) is 48.5 Å². The van der Waals surface area contributed by atoms with Gasteiger partial charge >= 0.3 is 6.18 Å². The van der Waals surface area contributed by atoms with E-state index in [4.69, 9.17) is 4.74 Å². The molecule has 0 aliphatic carbocycles. The molecule has 0 unspecified atom stereocenters. The number of ether oxygens (including phenoxy) is 1. The van der Waals surface area contributed by atoms with Gasteiger partial charge in [0.15, 0.2) is 0 Å². The minimum Gasteiger partial charge on any atom is -0.372 e. The maximum atomic E-state index is 12.4. The van der Waals surface area contributed by atoms with Crippen molar-refractivity contribution in [3.8, 4) is 0 Å². The lowest BCUT2D eigenvalue weighted by Gasteiger charge is -2.08. The average molecular weight is 294 g/mol. The molecule has 0 saturated carbocycles. The molecule has 0 N–H and O–H groups in total. The van der Waals surface area contributed by atoms with E-state index in [0.29, 0.717) is 17.7 Å². The van der Waals surface area contributed by atoms with E-state index in [9.17, 15) is 18.0 Å². The lowest BCUT2D eigenvalue weighted by Crippen LogP contribution is -2.04. The van der Waals surface area contributed by atoms with Gasteiger partial charge in [-0.3, -0.25) is 4.79 Å². The van der Waals surface area contributed by atoms with E-state index in [0.717, 1.165) is 24.0 Å². The van der Waals surface area contributed by atoms with Gasteiger partial charge in [0.1, 0.15) is 6.29 Å². The molecule has 0 spiro atoms. The zero-order valence-electron chi connectivity index (χ0n) is 11.1. The van der Waals surface area contributed by atoms with Crippen molar-refractivity contribution in [1.82, 2.24) is 0 Å². The fraction of sp³-hybridized carbons (Fsp3) is 0.188. The van der Waals surface area contributed by atoms with Crippen LogP contribution in [-0.4, -0.2) is 6.29 Å². The topological polar surface area (TPSA) is 26.3 Å². The molecular formula is C16H13F3O2. The Hall–Kier alpha value is -2.14. The highest BCUT2D eigenvalue weighted by Gasteiger charge is 2.29. The van der Waals surface area contributed by atoms with Gasteiger partial charge in [0.2, 0.25) is 0 Å². The van der Waals surface area contributed by atoms with E-state index in [1.54, 1.807) is 18.2 Å². The number of hydrogen-bond acceptors (Lipinski definition) is 2. The Labute approximate surface area is 120 Å². The molecular weight excluding hydrogens is 281 g/mol. The molecule has 110 valence electrons. The number of alkyl halides is 3. The molecule has 2 aromatic carbocycles. The molecule has 0 atom stereocenters. The molecule has 2 rings (SSSR count). The van der Waals surface area contributed by atoms with Gasteiger partial charge in [-0.25, -0.2) is 0 Å². The molecule has 2 aromatic rings. The summed E-state index contributed by atoms with van der Waals surface area (Å²) in [4.78, 5) is 10.6. The summed E-state index contributed by atoms with van der Waals surface area (Å²) in [5.74, 6) is 0. The Kier molecular flexibility index (Phi) is 4.75. The first-order valence-electron chi connectivity index (χ1n) is 6.27. The normalized spacial score (nSPS) is 11.4. The number of carbonyl (C=O) groups excluding carboxylic acids is 1. The van der Waals surface area contributed by atoms with Crippen molar-refractivity contribution in [2.24, 2.45) is 0 Å². The van der Waals surface area contributed by atoms with Crippen LogP contribution < -0.4 is 0 Å². The molecule has 0 heterocycles. The lowest BCUT2D eigenvalue weighted by molar-refractivity contribution is -0.137. The Bertz CT molecular complexity index is 604. The minimum atomic E-state index is -4.32. The van der Waals surface area contributed by atoms with E-state index in [1.165, 1.54) is 12.1 Å². The highest BCUT2D eigenvalue weighted by atomic mass is 19.4. The Morgan fingerprint density at radius 2 is 1.62 bits per heavy atom. The molecule has 0 amide bonds. The van der Waals surface area contributed by atoms with E-state index in [2.05, 4.69) is 0 Å². The van der Waals surface area contributed by atoms with Crippen LogP contribution in [0.3, 0.4) is 0 Å². The molecule has 0 aliphatic rings. The van der Waals surface area contributed by atoms with Crippen LogP contribution >= 0.6 is 0 Å². The Balaban J connectivity index is 1.90. The van der Waals surface area contributed by atoms with Crippen molar-refractivity contribution in [2.45, 2.75) is 19.4 Å². The summed E-state index contributed by atoms with van der Waals surface area (Å²) in [6.07, 6.45) is -3.58. The summed E-state index contributed by atoms with van der Waals surface area (Å²) in [5.41, 5.74) is 1.39. The second-order valence-corrected chi connectivity index (χ2v) is 4.55. The number of benzene rings is 2. The van der Waals surface area contributed by atoms with Crippen LogP contribution in [0.25, 0.3) is 0 Å². The second-order valence-electron chi connectivity index (χ2n) is 4.55. The maximum Gasteiger partial charge on any atom is 0.416 e. The number of halogens is 3. The third kappa shape index (κ3) is 4.43. The Morgan fingerprint density at radius 3 is 2.24 bits per heavy atom. The first-order valence-corrected chi connectivity index (χ1v) is 6.27. The first kappa shape index (κ1) is 15.3. The van der Waals surface area contributed by atoms with Crippen LogP contribution in [0.2, 0.25) is 0 Å². The van der Waals surface area contributed by atoms with Crippen molar-refractivity contribution in [1.29, 1.82) is 0 Å². The monoisotopic (exact) mass is 294 g/mol. The standard InChI is InChI=1S/C16H13F3O2/c17-16(18,19)15-6-4-12(5-7-15)10-21-11-14-3-1-2-13(8-14)9-20/h1-9H,10-11H2. The van der Waals surface area contributed by atoms with Crippen LogP contribution in [-0.2, 0) is 24.1 Å². The van der Waals surface area contributed by atoms with Gasteiger partial charge in [-0.2, -0.15) is 13.2 Å². The predicted molar refractivity (Wildman–Crippen MR) is 71.8 cm³/mol. The van der Waals surface area contributed by atoms with Gasteiger partial charge in [0.05, 0.1) is 18.8 Å². The lowest BCUT2D eigenvalue weighted by atomic mass is 10.1. The molecule has 5 heteroatoms. The summed E-state index contributed by atoms with van der Waals surface area (Å²) in [5, 5.41) is 0. The highest BCUT2D eigenvalue weighted by Crippen LogP contribution is 2.29. The third-order valence-electron chi connectivity index (χ3n) is 2.91. The highest BCUT2D eigenvalue weighted by molar-refractivity contribution is 5.74. The molecule has 0 radical (unpaired) electrons. The number of rotatable bonds is 5. The minimum absolute atomic E-state index is 0.212. The van der Waals surface area contributed by atoms with Crippen molar-refractivity contribution >= 4 is 6.29 Å². The van der Waals surface area contributed by atoms with Crippen molar-refractivity contribution in [3.05, 3.63) is 70.8 Å². The smallest absolute Gasteiger partial charge is 0.372 e. The summed E-state index contributed by atoms with van der Waals surface area (Å²) in [6, 6.07) is 11.8. The first-order chi connectivity index (χ1) is 9.99. The predicted octanol–water partition coefficient (Wildman–Crippen LogP) is 4.23. The second kappa shape index (κ2) is 6.54. The number of aldehydes is 1. The third-order valence-corrected chi connectivity index (χ3v) is 2.91. The van der Waals surface area contributed by atoms with Crippen LogP contribution in [0.1, 0.15) is 27.0 Å². The number of hydrogen-bond donors (Lipinski definition) is 0. The van der Waals surface area contributed by atoms with E-state index >= 15 is 0 Å². The molecule has 0 aliphatic heterocycles. The molecule has 0 saturated heterocycles.